The van der Waals surface area contributed by atoms with Crippen molar-refractivity contribution >= 4 is 17.7 Å². The van der Waals surface area contributed by atoms with Gasteiger partial charge in [0.05, 0.1) is 13.2 Å². The van der Waals surface area contributed by atoms with Crippen LogP contribution in [0.25, 0.3) is 6.08 Å². The lowest BCUT2D eigenvalue weighted by molar-refractivity contribution is -0.142. The highest BCUT2D eigenvalue weighted by atomic mass is 19.1. The minimum absolute atomic E-state index is 0.191. The summed E-state index contributed by atoms with van der Waals surface area (Å²) in [4.78, 5) is 14.9. The molecule has 140 valence electrons. The van der Waals surface area contributed by atoms with Gasteiger partial charge in [-0.25, -0.2) is 9.18 Å². The second-order valence-electron chi connectivity index (χ2n) is 6.66. The Labute approximate surface area is 163 Å². The molecule has 2 atom stereocenters. The number of hydrogen-bond acceptors (Lipinski definition) is 3. The summed E-state index contributed by atoms with van der Waals surface area (Å²) in [5, 5.41) is 0. The number of nitrogens with zero attached hydrogens (tertiary/aromatic N) is 1. The lowest BCUT2D eigenvalue weighted by Gasteiger charge is -2.40. The first-order valence-electron chi connectivity index (χ1n) is 9.13. The van der Waals surface area contributed by atoms with Crippen molar-refractivity contribution in [3.63, 3.8) is 0 Å². The number of esters is 1. The Bertz CT molecular complexity index is 1000. The van der Waals surface area contributed by atoms with E-state index in [1.54, 1.807) is 6.07 Å². The van der Waals surface area contributed by atoms with Crippen molar-refractivity contribution in [2.45, 2.75) is 12.1 Å². The summed E-state index contributed by atoms with van der Waals surface area (Å²) in [6, 6.07) is 23.2. The van der Waals surface area contributed by atoms with E-state index in [1.807, 2.05) is 77.7 Å². The lowest BCUT2D eigenvalue weighted by Crippen LogP contribution is -2.39. The van der Waals surface area contributed by atoms with Crippen molar-refractivity contribution < 1.29 is 13.9 Å². The van der Waals surface area contributed by atoms with Crippen LogP contribution in [0, 0.1) is 5.82 Å². The fourth-order valence-electron chi connectivity index (χ4n) is 3.71. The molecule has 0 unspecified atom stereocenters. The average Bonchev–Trinajstić information content (AvgIpc) is 2.75. The molecular weight excluding hydrogens is 353 g/mol. The third-order valence-electron chi connectivity index (χ3n) is 4.98. The van der Waals surface area contributed by atoms with Crippen molar-refractivity contribution in [2.24, 2.45) is 0 Å². The predicted octanol–water partition coefficient (Wildman–Crippen LogP) is 5.31. The largest absolute Gasteiger partial charge is 0.467 e. The van der Waals surface area contributed by atoms with Crippen LogP contribution in [0.3, 0.4) is 0 Å². The fourth-order valence-corrected chi connectivity index (χ4v) is 3.71. The molecule has 3 nitrogen and oxygen atoms in total. The lowest BCUT2D eigenvalue weighted by atomic mass is 9.93. The third kappa shape index (κ3) is 3.29. The van der Waals surface area contributed by atoms with Crippen molar-refractivity contribution in [3.05, 3.63) is 107 Å². The highest BCUT2D eigenvalue weighted by molar-refractivity contribution is 5.85. The molecule has 0 saturated carbocycles. The maximum Gasteiger partial charge on any atom is 0.333 e. The molecule has 0 bridgehead atoms. The molecule has 0 saturated heterocycles. The number of carbonyl (C=O) groups excluding carboxylic acids is 1. The zero-order valence-corrected chi connectivity index (χ0v) is 15.5. The van der Waals surface area contributed by atoms with Gasteiger partial charge in [-0.15, -0.1) is 0 Å². The van der Waals surface area contributed by atoms with Crippen molar-refractivity contribution in [1.82, 2.24) is 0 Å². The number of hydrogen-bond donors (Lipinski definition) is 0. The maximum absolute atomic E-state index is 13.8. The van der Waals surface area contributed by atoms with Crippen LogP contribution in [0.15, 0.2) is 84.9 Å². The molecule has 0 aliphatic carbocycles. The molecule has 1 heterocycles. The van der Waals surface area contributed by atoms with E-state index in [0.29, 0.717) is 0 Å². The number of benzene rings is 3. The first kappa shape index (κ1) is 18.0. The van der Waals surface area contributed by atoms with Gasteiger partial charge in [-0.3, -0.25) is 0 Å². The Kier molecular flexibility index (Phi) is 4.94. The Morgan fingerprint density at radius 2 is 1.68 bits per heavy atom. The van der Waals surface area contributed by atoms with Crippen molar-refractivity contribution in [3.8, 4) is 0 Å². The topological polar surface area (TPSA) is 29.5 Å². The van der Waals surface area contributed by atoms with Crippen LogP contribution in [-0.4, -0.2) is 13.1 Å². The minimum atomic E-state index is -0.662. The SMILES string of the molecule is COC(=O)[C@H](c1ccccc1)N1c2ccc(F)cc2C=C[C@@H]1c1ccccc1. The van der Waals surface area contributed by atoms with E-state index in [9.17, 15) is 9.18 Å². The maximum atomic E-state index is 13.8. The molecule has 0 aromatic heterocycles. The van der Waals surface area contributed by atoms with Crippen molar-refractivity contribution in [1.29, 1.82) is 0 Å². The van der Waals surface area contributed by atoms with E-state index in [-0.39, 0.29) is 17.8 Å². The Morgan fingerprint density at radius 3 is 2.36 bits per heavy atom. The standard InChI is InChI=1S/C24H20FNO2/c1-28-24(27)23(18-10-6-3-7-11-18)26-21(17-8-4-2-5-9-17)14-12-19-16-20(25)13-15-22(19)26/h2-16,21,23H,1H3/t21-,23+/m1/s1. The monoisotopic (exact) mass is 373 g/mol. The zero-order chi connectivity index (χ0) is 19.5. The van der Waals surface area contributed by atoms with Gasteiger partial charge in [0.2, 0.25) is 0 Å². The third-order valence-corrected chi connectivity index (χ3v) is 4.98. The highest BCUT2D eigenvalue weighted by Gasteiger charge is 2.36. The van der Waals surface area contributed by atoms with E-state index in [2.05, 4.69) is 0 Å². The van der Waals surface area contributed by atoms with E-state index >= 15 is 0 Å². The van der Waals surface area contributed by atoms with Gasteiger partial charge in [0, 0.05) is 11.3 Å². The van der Waals surface area contributed by atoms with E-state index in [1.165, 1.54) is 19.2 Å². The molecule has 3 aromatic carbocycles. The molecule has 0 N–H and O–H groups in total. The molecule has 28 heavy (non-hydrogen) atoms. The molecule has 1 aliphatic heterocycles. The predicted molar refractivity (Wildman–Crippen MR) is 108 cm³/mol. The van der Waals surface area contributed by atoms with Gasteiger partial charge in [-0.2, -0.15) is 0 Å². The summed E-state index contributed by atoms with van der Waals surface area (Å²) < 4.78 is 19.0. The highest BCUT2D eigenvalue weighted by Crippen LogP contribution is 2.42. The second kappa shape index (κ2) is 7.69. The summed E-state index contributed by atoms with van der Waals surface area (Å²) in [6.07, 6.45) is 3.90. The summed E-state index contributed by atoms with van der Waals surface area (Å²) in [5.74, 6) is -0.673. The first-order valence-corrected chi connectivity index (χ1v) is 9.13. The van der Waals surface area contributed by atoms with E-state index in [0.717, 1.165) is 22.4 Å². The smallest absolute Gasteiger partial charge is 0.333 e. The van der Waals surface area contributed by atoms with Crippen LogP contribution >= 0.6 is 0 Å². The molecule has 1 aliphatic rings. The van der Waals surface area contributed by atoms with Gasteiger partial charge in [0.25, 0.3) is 0 Å². The summed E-state index contributed by atoms with van der Waals surface area (Å²) in [7, 11) is 1.39. The first-order chi connectivity index (χ1) is 13.7. The molecule has 0 spiro atoms. The Hall–Kier alpha value is -3.40. The molecular formula is C24H20FNO2. The molecule has 0 amide bonds. The zero-order valence-electron chi connectivity index (χ0n) is 15.5. The summed E-state index contributed by atoms with van der Waals surface area (Å²) in [6.45, 7) is 0. The summed E-state index contributed by atoms with van der Waals surface area (Å²) >= 11 is 0. The Morgan fingerprint density at radius 1 is 1.00 bits per heavy atom. The number of methoxy groups -OCH3 is 1. The normalized spacial score (nSPS) is 16.4. The number of fused-ring (bicyclic) bond motifs is 1. The minimum Gasteiger partial charge on any atom is -0.467 e. The van der Waals surface area contributed by atoms with Crippen LogP contribution in [0.1, 0.15) is 28.8 Å². The number of ether oxygens (including phenoxy) is 1. The van der Waals surface area contributed by atoms with Crippen LogP contribution in [-0.2, 0) is 9.53 Å². The van der Waals surface area contributed by atoms with Gasteiger partial charge in [-0.1, -0.05) is 72.8 Å². The fraction of sp³-hybridized carbons (Fsp3) is 0.125. The van der Waals surface area contributed by atoms with Crippen molar-refractivity contribution in [2.75, 3.05) is 12.0 Å². The quantitative estimate of drug-likeness (QED) is 0.580. The van der Waals surface area contributed by atoms with Gasteiger partial charge < -0.3 is 9.64 Å². The molecule has 4 heteroatoms. The van der Waals surface area contributed by atoms with Gasteiger partial charge in [-0.05, 0) is 29.3 Å². The van der Waals surface area contributed by atoms with Crippen LogP contribution < -0.4 is 4.90 Å². The molecule has 3 aromatic rings. The van der Waals surface area contributed by atoms with Crippen LogP contribution in [0.4, 0.5) is 10.1 Å². The second-order valence-corrected chi connectivity index (χ2v) is 6.66. The number of rotatable bonds is 4. The number of anilines is 1. The van der Waals surface area contributed by atoms with Gasteiger partial charge in [0.15, 0.2) is 6.04 Å². The van der Waals surface area contributed by atoms with E-state index < -0.39 is 6.04 Å². The number of carbonyl (C=O) groups is 1. The van der Waals surface area contributed by atoms with Crippen LogP contribution in [0.2, 0.25) is 0 Å². The molecule has 0 radical (unpaired) electrons. The van der Waals surface area contributed by atoms with Crippen LogP contribution in [0.5, 0.6) is 0 Å². The Balaban J connectivity index is 1.91. The average molecular weight is 373 g/mol. The number of halogens is 1. The van der Waals surface area contributed by atoms with Gasteiger partial charge in [0.1, 0.15) is 5.82 Å². The summed E-state index contributed by atoms with van der Waals surface area (Å²) in [5.41, 5.74) is 3.38. The van der Waals surface area contributed by atoms with Gasteiger partial charge >= 0.3 is 5.97 Å². The molecule has 0 fully saturated rings. The molecule has 4 rings (SSSR count). The van der Waals surface area contributed by atoms with E-state index in [4.69, 9.17) is 4.74 Å².